The summed E-state index contributed by atoms with van der Waals surface area (Å²) in [5.41, 5.74) is 1.56. The number of anilines is 1. The Hall–Kier alpha value is -1.38. The molecule has 3 rings (SSSR count). The summed E-state index contributed by atoms with van der Waals surface area (Å²) in [4.78, 5) is 5.63. The molecule has 8 heteroatoms. The van der Waals surface area contributed by atoms with Crippen molar-refractivity contribution in [1.29, 1.82) is 0 Å². The van der Waals surface area contributed by atoms with Gasteiger partial charge in [-0.15, -0.1) is 11.3 Å². The van der Waals surface area contributed by atoms with Crippen molar-refractivity contribution in [2.45, 2.75) is 30.8 Å². The van der Waals surface area contributed by atoms with Crippen molar-refractivity contribution in [2.75, 3.05) is 4.72 Å². The van der Waals surface area contributed by atoms with Gasteiger partial charge in [0.1, 0.15) is 4.90 Å². The van der Waals surface area contributed by atoms with E-state index in [0.29, 0.717) is 10.8 Å². The molecule has 0 aliphatic heterocycles. The van der Waals surface area contributed by atoms with Crippen LogP contribution in [0.5, 0.6) is 0 Å². The minimum Gasteiger partial charge on any atom is -0.390 e. The predicted octanol–water partition coefficient (Wildman–Crippen LogP) is 1.26. The maximum Gasteiger partial charge on any atom is 0.265 e. The van der Waals surface area contributed by atoms with Crippen molar-refractivity contribution >= 4 is 26.5 Å². The van der Waals surface area contributed by atoms with Gasteiger partial charge in [-0.2, -0.15) is 0 Å². The largest absolute Gasteiger partial charge is 0.390 e. The van der Waals surface area contributed by atoms with Gasteiger partial charge in [-0.25, -0.2) is 13.4 Å². The fraction of sp³-hybridized carbons (Fsp3) is 0.417. The zero-order valence-corrected chi connectivity index (χ0v) is 12.6. The standard InChI is InChI=1S/C12H15N3O3S2/c1-15-6-9(5-8(15)7-16)20(17,18)14-12-13-10-3-2-4-11(10)19-12/h5-6,16H,2-4,7H2,1H3,(H,13,14). The van der Waals surface area contributed by atoms with Gasteiger partial charge < -0.3 is 9.67 Å². The van der Waals surface area contributed by atoms with Crippen LogP contribution >= 0.6 is 11.3 Å². The first kappa shape index (κ1) is 13.6. The molecule has 0 fully saturated rings. The molecule has 0 bridgehead atoms. The molecule has 0 amide bonds. The summed E-state index contributed by atoms with van der Waals surface area (Å²) in [6, 6.07) is 1.46. The van der Waals surface area contributed by atoms with E-state index in [2.05, 4.69) is 9.71 Å². The molecule has 1 aliphatic carbocycles. The number of aliphatic hydroxyl groups is 1. The van der Waals surface area contributed by atoms with E-state index in [0.717, 1.165) is 25.0 Å². The van der Waals surface area contributed by atoms with Crippen LogP contribution in [0.3, 0.4) is 0 Å². The van der Waals surface area contributed by atoms with Crippen molar-refractivity contribution < 1.29 is 13.5 Å². The number of hydrogen-bond donors (Lipinski definition) is 2. The summed E-state index contributed by atoms with van der Waals surface area (Å²) in [6.45, 7) is -0.197. The monoisotopic (exact) mass is 313 g/mol. The molecule has 2 heterocycles. The van der Waals surface area contributed by atoms with E-state index in [9.17, 15) is 8.42 Å². The molecule has 0 atom stereocenters. The summed E-state index contributed by atoms with van der Waals surface area (Å²) in [5.74, 6) is 0. The Morgan fingerprint density at radius 3 is 2.95 bits per heavy atom. The third-order valence-corrected chi connectivity index (χ3v) is 5.88. The molecule has 108 valence electrons. The molecule has 1 aliphatic rings. The summed E-state index contributed by atoms with van der Waals surface area (Å²) >= 11 is 1.40. The zero-order valence-electron chi connectivity index (χ0n) is 11.0. The Kier molecular flexibility index (Phi) is 3.31. The average Bonchev–Trinajstić information content (AvgIpc) is 3.02. The number of sulfonamides is 1. The van der Waals surface area contributed by atoms with Gasteiger partial charge in [0.15, 0.2) is 5.13 Å². The fourth-order valence-corrected chi connectivity index (χ4v) is 4.67. The number of nitrogens with one attached hydrogen (secondary N) is 1. The molecule has 0 unspecified atom stereocenters. The van der Waals surface area contributed by atoms with Crippen molar-refractivity contribution in [1.82, 2.24) is 9.55 Å². The van der Waals surface area contributed by atoms with E-state index in [-0.39, 0.29) is 11.5 Å². The molecular weight excluding hydrogens is 298 g/mol. The molecule has 0 saturated heterocycles. The van der Waals surface area contributed by atoms with Crippen LogP contribution in [0, 0.1) is 0 Å². The number of aryl methyl sites for hydroxylation is 3. The zero-order chi connectivity index (χ0) is 14.3. The molecule has 0 saturated carbocycles. The van der Waals surface area contributed by atoms with Gasteiger partial charge in [0, 0.05) is 23.8 Å². The lowest BCUT2D eigenvalue weighted by Crippen LogP contribution is -2.12. The fourth-order valence-electron chi connectivity index (χ4n) is 2.29. The number of fused-ring (bicyclic) bond motifs is 1. The van der Waals surface area contributed by atoms with E-state index in [4.69, 9.17) is 5.11 Å². The van der Waals surface area contributed by atoms with E-state index < -0.39 is 10.0 Å². The summed E-state index contributed by atoms with van der Waals surface area (Å²) in [6.07, 6.45) is 4.48. The lowest BCUT2D eigenvalue weighted by atomic mass is 10.4. The Labute approximate surface area is 121 Å². The number of aliphatic hydroxyl groups excluding tert-OH is 1. The second-order valence-electron chi connectivity index (χ2n) is 4.78. The number of aromatic nitrogens is 2. The minimum atomic E-state index is -3.65. The van der Waals surface area contributed by atoms with Gasteiger partial charge >= 0.3 is 0 Å². The van der Waals surface area contributed by atoms with Crippen molar-refractivity contribution in [2.24, 2.45) is 7.05 Å². The average molecular weight is 313 g/mol. The Balaban J connectivity index is 1.87. The number of nitrogens with zero attached hydrogens (tertiary/aromatic N) is 2. The minimum absolute atomic E-state index is 0.138. The molecule has 0 aromatic carbocycles. The number of thiazole rings is 1. The van der Waals surface area contributed by atoms with Gasteiger partial charge in [-0.3, -0.25) is 4.72 Å². The molecule has 6 nitrogen and oxygen atoms in total. The molecule has 2 N–H and O–H groups in total. The predicted molar refractivity (Wildman–Crippen MR) is 76.3 cm³/mol. The van der Waals surface area contributed by atoms with Gasteiger partial charge in [0.2, 0.25) is 0 Å². The number of hydrogen-bond acceptors (Lipinski definition) is 5. The molecule has 0 radical (unpaired) electrons. The van der Waals surface area contributed by atoms with E-state index >= 15 is 0 Å². The van der Waals surface area contributed by atoms with Crippen LogP contribution in [-0.4, -0.2) is 23.1 Å². The molecule has 2 aromatic heterocycles. The van der Waals surface area contributed by atoms with Crippen LogP contribution in [0.15, 0.2) is 17.2 Å². The Bertz CT molecular complexity index is 725. The summed E-state index contributed by atoms with van der Waals surface area (Å²) in [7, 11) is -1.95. The van der Waals surface area contributed by atoms with Crippen LogP contribution in [-0.2, 0) is 36.5 Å². The maximum atomic E-state index is 12.3. The Morgan fingerprint density at radius 1 is 1.50 bits per heavy atom. The highest BCUT2D eigenvalue weighted by Crippen LogP contribution is 2.31. The second kappa shape index (κ2) is 4.87. The molecule has 20 heavy (non-hydrogen) atoms. The van der Waals surface area contributed by atoms with Crippen LogP contribution in [0.4, 0.5) is 5.13 Å². The van der Waals surface area contributed by atoms with E-state index in [1.807, 2.05) is 0 Å². The van der Waals surface area contributed by atoms with Crippen molar-refractivity contribution in [3.8, 4) is 0 Å². The third kappa shape index (κ3) is 2.34. The van der Waals surface area contributed by atoms with Crippen molar-refractivity contribution in [3.63, 3.8) is 0 Å². The third-order valence-electron chi connectivity index (χ3n) is 3.37. The van der Waals surface area contributed by atoms with E-state index in [1.165, 1.54) is 28.5 Å². The van der Waals surface area contributed by atoms with Gasteiger partial charge in [-0.1, -0.05) is 0 Å². The highest BCUT2D eigenvalue weighted by Gasteiger charge is 2.22. The smallest absolute Gasteiger partial charge is 0.265 e. The van der Waals surface area contributed by atoms with Crippen LogP contribution in [0.2, 0.25) is 0 Å². The number of rotatable bonds is 4. The summed E-state index contributed by atoms with van der Waals surface area (Å²) < 4.78 is 28.6. The normalized spacial score (nSPS) is 14.5. The Morgan fingerprint density at radius 2 is 2.30 bits per heavy atom. The molecule has 0 spiro atoms. The van der Waals surface area contributed by atoms with Gasteiger partial charge in [0.25, 0.3) is 10.0 Å². The first-order chi connectivity index (χ1) is 9.49. The quantitative estimate of drug-likeness (QED) is 0.890. The van der Waals surface area contributed by atoms with Gasteiger partial charge in [0.05, 0.1) is 12.3 Å². The van der Waals surface area contributed by atoms with Crippen LogP contribution in [0.25, 0.3) is 0 Å². The lowest BCUT2D eigenvalue weighted by Gasteiger charge is -2.02. The lowest BCUT2D eigenvalue weighted by molar-refractivity contribution is 0.272. The summed E-state index contributed by atoms with van der Waals surface area (Å²) in [5, 5.41) is 9.54. The molecular formula is C12H15N3O3S2. The second-order valence-corrected chi connectivity index (χ2v) is 7.55. The maximum absolute atomic E-state index is 12.3. The molecule has 2 aromatic rings. The highest BCUT2D eigenvalue weighted by atomic mass is 32.2. The topological polar surface area (TPSA) is 84.2 Å². The van der Waals surface area contributed by atoms with Gasteiger partial charge in [-0.05, 0) is 25.3 Å². The van der Waals surface area contributed by atoms with E-state index in [1.54, 1.807) is 11.6 Å². The first-order valence-corrected chi connectivity index (χ1v) is 8.57. The highest BCUT2D eigenvalue weighted by molar-refractivity contribution is 7.93. The van der Waals surface area contributed by atoms with Crippen LogP contribution in [0.1, 0.15) is 22.7 Å². The SMILES string of the molecule is Cn1cc(S(=O)(=O)Nc2nc3c(s2)CCC3)cc1CO. The first-order valence-electron chi connectivity index (χ1n) is 6.27. The van der Waals surface area contributed by atoms with Crippen LogP contribution < -0.4 is 4.72 Å². The van der Waals surface area contributed by atoms with Crippen molar-refractivity contribution in [3.05, 3.63) is 28.5 Å².